The molecule has 4 rings (SSSR count). The van der Waals surface area contributed by atoms with Crippen LogP contribution < -0.4 is 20.5 Å². The number of hydrogen-bond acceptors (Lipinski definition) is 6. The van der Waals surface area contributed by atoms with Crippen LogP contribution in [0.1, 0.15) is 18.9 Å². The minimum atomic E-state index is -0.553. The van der Waals surface area contributed by atoms with Gasteiger partial charge in [-0.25, -0.2) is 14.4 Å². The summed E-state index contributed by atoms with van der Waals surface area (Å²) in [5.41, 5.74) is 7.42. The number of nitrogen functional groups attached to an aromatic ring is 1. The Balaban J connectivity index is 1.60. The van der Waals surface area contributed by atoms with Crippen LogP contribution in [0.4, 0.5) is 16.0 Å². The highest BCUT2D eigenvalue weighted by atomic mass is 19.1. The Hall–Kier alpha value is -3.68. The second-order valence-corrected chi connectivity index (χ2v) is 7.29. The van der Waals surface area contributed by atoms with Crippen LogP contribution in [-0.2, 0) is 11.2 Å². The number of rotatable bonds is 6. The molecule has 3 N–H and O–H groups in total. The number of amides is 1. The minimum Gasteiger partial charge on any atom is -0.492 e. The van der Waals surface area contributed by atoms with Gasteiger partial charge >= 0.3 is 0 Å². The highest BCUT2D eigenvalue weighted by molar-refractivity contribution is 5.95. The van der Waals surface area contributed by atoms with Crippen molar-refractivity contribution < 1.29 is 18.7 Å². The number of carbonyl (C=O) groups excluding carboxylic acids is 1. The Bertz CT molecular complexity index is 1110. The number of nitrogens with one attached hydrogen (secondary N) is 1. The second kappa shape index (κ2) is 8.99. The van der Waals surface area contributed by atoms with Crippen LogP contribution in [0.2, 0.25) is 0 Å². The number of nitrogens with zero attached hydrogens (tertiary/aromatic N) is 2. The molecule has 1 unspecified atom stereocenters. The fourth-order valence-electron chi connectivity index (χ4n) is 3.43. The SMILES string of the molecule is CCCOc1cc(-c2ccnc(N)n2)c(F)cc1NC(=O)C1COc2ccccc2C1. The summed E-state index contributed by atoms with van der Waals surface area (Å²) in [5, 5.41) is 2.81. The van der Waals surface area contributed by atoms with Crippen molar-refractivity contribution in [1.82, 2.24) is 9.97 Å². The first-order chi connectivity index (χ1) is 15.0. The maximum Gasteiger partial charge on any atom is 0.231 e. The van der Waals surface area contributed by atoms with E-state index in [1.54, 1.807) is 6.07 Å². The van der Waals surface area contributed by atoms with Crippen molar-refractivity contribution in [1.29, 1.82) is 0 Å². The lowest BCUT2D eigenvalue weighted by Crippen LogP contribution is -2.32. The molecule has 0 fully saturated rings. The van der Waals surface area contributed by atoms with Gasteiger partial charge in [0.2, 0.25) is 11.9 Å². The predicted molar refractivity (Wildman–Crippen MR) is 115 cm³/mol. The lowest BCUT2D eigenvalue weighted by atomic mass is 9.96. The number of nitrogens with two attached hydrogens (primary N) is 1. The molecule has 1 atom stereocenters. The first-order valence-corrected chi connectivity index (χ1v) is 10.1. The van der Waals surface area contributed by atoms with E-state index in [0.717, 1.165) is 17.7 Å². The summed E-state index contributed by atoms with van der Waals surface area (Å²) in [6.45, 7) is 2.64. The fraction of sp³-hybridized carbons (Fsp3) is 0.261. The van der Waals surface area contributed by atoms with Crippen LogP contribution in [0.3, 0.4) is 0 Å². The molecule has 0 aliphatic carbocycles. The Morgan fingerprint density at radius 3 is 2.97 bits per heavy atom. The van der Waals surface area contributed by atoms with Gasteiger partial charge in [0, 0.05) is 17.8 Å². The number of para-hydroxylation sites is 1. The van der Waals surface area contributed by atoms with E-state index < -0.39 is 11.7 Å². The Morgan fingerprint density at radius 2 is 2.16 bits per heavy atom. The maximum atomic E-state index is 14.9. The van der Waals surface area contributed by atoms with Crippen LogP contribution in [-0.4, -0.2) is 29.1 Å². The topological polar surface area (TPSA) is 99.4 Å². The molecule has 8 heteroatoms. The van der Waals surface area contributed by atoms with Crippen LogP contribution in [0.5, 0.6) is 11.5 Å². The first kappa shape index (κ1) is 20.6. The monoisotopic (exact) mass is 422 g/mol. The summed E-state index contributed by atoms with van der Waals surface area (Å²) >= 11 is 0. The molecule has 3 aromatic rings. The number of fused-ring (bicyclic) bond motifs is 1. The lowest BCUT2D eigenvalue weighted by Gasteiger charge is -2.25. The van der Waals surface area contributed by atoms with Crippen LogP contribution in [0, 0.1) is 11.7 Å². The number of ether oxygens (including phenoxy) is 2. The van der Waals surface area contributed by atoms with Crippen LogP contribution in [0.25, 0.3) is 11.3 Å². The second-order valence-electron chi connectivity index (χ2n) is 7.29. The molecule has 1 aliphatic rings. The first-order valence-electron chi connectivity index (χ1n) is 10.1. The third-order valence-electron chi connectivity index (χ3n) is 4.99. The third-order valence-corrected chi connectivity index (χ3v) is 4.99. The molecule has 0 saturated carbocycles. The summed E-state index contributed by atoms with van der Waals surface area (Å²) in [6.07, 6.45) is 2.77. The van der Waals surface area contributed by atoms with Crippen molar-refractivity contribution in [3.8, 4) is 22.8 Å². The molecule has 1 aromatic heterocycles. The smallest absolute Gasteiger partial charge is 0.231 e. The van der Waals surface area contributed by atoms with Crippen molar-refractivity contribution in [3.05, 3.63) is 60.0 Å². The van der Waals surface area contributed by atoms with Gasteiger partial charge in [0.1, 0.15) is 23.9 Å². The van der Waals surface area contributed by atoms with Gasteiger partial charge in [0.05, 0.1) is 23.9 Å². The molecule has 1 aliphatic heterocycles. The third kappa shape index (κ3) is 4.58. The number of hydrogen-bond donors (Lipinski definition) is 2. The van der Waals surface area contributed by atoms with Crippen molar-refractivity contribution in [2.75, 3.05) is 24.3 Å². The maximum absolute atomic E-state index is 14.9. The zero-order chi connectivity index (χ0) is 21.8. The summed E-state index contributed by atoms with van der Waals surface area (Å²) in [6, 6.07) is 12.0. The molecule has 160 valence electrons. The number of carbonyl (C=O) groups is 1. The van der Waals surface area contributed by atoms with Gasteiger partial charge in [-0.3, -0.25) is 4.79 Å². The number of halogens is 1. The number of benzene rings is 2. The summed E-state index contributed by atoms with van der Waals surface area (Å²) in [7, 11) is 0. The zero-order valence-electron chi connectivity index (χ0n) is 17.1. The van der Waals surface area contributed by atoms with Crippen molar-refractivity contribution in [2.24, 2.45) is 5.92 Å². The molecular weight excluding hydrogens is 399 g/mol. The quantitative estimate of drug-likeness (QED) is 0.626. The van der Waals surface area contributed by atoms with Crippen molar-refractivity contribution >= 4 is 17.5 Å². The van der Waals surface area contributed by atoms with Gasteiger partial charge in [0.25, 0.3) is 0 Å². The molecule has 1 amide bonds. The summed E-state index contributed by atoms with van der Waals surface area (Å²) in [4.78, 5) is 20.8. The molecule has 0 bridgehead atoms. The van der Waals surface area contributed by atoms with E-state index >= 15 is 0 Å². The Kier molecular flexibility index (Phi) is 5.97. The van der Waals surface area contributed by atoms with E-state index in [-0.39, 0.29) is 29.7 Å². The van der Waals surface area contributed by atoms with E-state index in [1.807, 2.05) is 31.2 Å². The van der Waals surface area contributed by atoms with E-state index in [2.05, 4.69) is 15.3 Å². The molecule has 2 aromatic carbocycles. The van der Waals surface area contributed by atoms with Gasteiger partial charge in [-0.1, -0.05) is 25.1 Å². The van der Waals surface area contributed by atoms with E-state index in [0.29, 0.717) is 24.5 Å². The van der Waals surface area contributed by atoms with Crippen molar-refractivity contribution in [2.45, 2.75) is 19.8 Å². The zero-order valence-corrected chi connectivity index (χ0v) is 17.1. The average molecular weight is 422 g/mol. The lowest BCUT2D eigenvalue weighted by molar-refractivity contribution is -0.121. The molecule has 2 heterocycles. The van der Waals surface area contributed by atoms with Crippen LogP contribution in [0.15, 0.2) is 48.7 Å². The van der Waals surface area contributed by atoms with Gasteiger partial charge in [-0.05, 0) is 36.6 Å². The van der Waals surface area contributed by atoms with E-state index in [4.69, 9.17) is 15.2 Å². The molecule has 0 saturated heterocycles. The van der Waals surface area contributed by atoms with Gasteiger partial charge in [-0.2, -0.15) is 0 Å². The predicted octanol–water partition coefficient (Wildman–Crippen LogP) is 3.84. The Labute approximate surface area is 179 Å². The molecule has 0 spiro atoms. The van der Waals surface area contributed by atoms with Gasteiger partial charge < -0.3 is 20.5 Å². The van der Waals surface area contributed by atoms with Gasteiger partial charge in [0.15, 0.2) is 0 Å². The van der Waals surface area contributed by atoms with Crippen LogP contribution >= 0.6 is 0 Å². The number of aromatic nitrogens is 2. The minimum absolute atomic E-state index is 0.0443. The standard InChI is InChI=1S/C23H23FN4O3/c1-2-9-30-21-11-16(18-7-8-26-23(25)28-18)17(24)12-19(21)27-22(29)15-10-14-5-3-4-6-20(14)31-13-15/h3-8,11-12,15H,2,9-10,13H2,1H3,(H,27,29)(H2,25,26,28). The number of anilines is 2. The fourth-order valence-corrected chi connectivity index (χ4v) is 3.43. The molecular formula is C23H23FN4O3. The van der Waals surface area contributed by atoms with E-state index in [1.165, 1.54) is 18.3 Å². The Morgan fingerprint density at radius 1 is 1.32 bits per heavy atom. The normalized spacial score (nSPS) is 15.0. The largest absolute Gasteiger partial charge is 0.492 e. The van der Waals surface area contributed by atoms with E-state index in [9.17, 15) is 9.18 Å². The molecule has 31 heavy (non-hydrogen) atoms. The highest BCUT2D eigenvalue weighted by Gasteiger charge is 2.27. The average Bonchev–Trinajstić information content (AvgIpc) is 2.78. The highest BCUT2D eigenvalue weighted by Crippen LogP contribution is 2.34. The summed E-state index contributed by atoms with van der Waals surface area (Å²) < 4.78 is 26.4. The molecule has 7 nitrogen and oxygen atoms in total. The molecule has 0 radical (unpaired) electrons. The summed E-state index contributed by atoms with van der Waals surface area (Å²) in [5.74, 6) is -0.00284. The van der Waals surface area contributed by atoms with Gasteiger partial charge in [-0.15, -0.1) is 0 Å². The van der Waals surface area contributed by atoms with Crippen molar-refractivity contribution in [3.63, 3.8) is 0 Å².